The van der Waals surface area contributed by atoms with Crippen LogP contribution in [0.15, 0.2) is 30.3 Å². The molecule has 88 valence electrons. The second-order valence-electron chi connectivity index (χ2n) is 3.84. The minimum Gasteiger partial charge on any atom is -0.469 e. The Morgan fingerprint density at radius 3 is 2.19 bits per heavy atom. The monoisotopic (exact) mass is 236 g/mol. The van der Waals surface area contributed by atoms with Gasteiger partial charge in [0.15, 0.2) is 6.29 Å². The minimum atomic E-state index is -1.03. The molecule has 0 heterocycles. The number of hydrogen-bond donors (Lipinski definition) is 0. The van der Waals surface area contributed by atoms with Crippen LogP contribution in [0.5, 0.6) is 5.75 Å². The first kappa shape index (κ1) is 13.6. The molecule has 1 aromatic rings. The molecular weight excluding hydrogens is 215 g/mol. The molecule has 0 saturated heterocycles. The molecule has 1 atom stereocenters. The molecule has 0 amide bonds. The number of benzene rings is 1. The van der Waals surface area contributed by atoms with Crippen molar-refractivity contribution in [2.75, 3.05) is 0 Å². The Morgan fingerprint density at radius 1 is 1.06 bits per heavy atom. The average molecular weight is 236 g/mol. The van der Waals surface area contributed by atoms with Gasteiger partial charge in [0, 0.05) is 6.42 Å². The summed E-state index contributed by atoms with van der Waals surface area (Å²) in [5, 5.41) is 2.34. The highest BCUT2D eigenvalue weighted by atomic mass is 27.2. The Kier molecular flexibility index (Phi) is 6.56. The van der Waals surface area contributed by atoms with Gasteiger partial charge in [0.2, 0.25) is 0 Å². The second kappa shape index (κ2) is 7.73. The molecule has 0 aromatic heterocycles. The molecule has 0 fully saturated rings. The van der Waals surface area contributed by atoms with E-state index >= 15 is 0 Å². The fraction of sp³-hybridized carbons (Fsp3) is 0.538. The molecule has 0 aliphatic rings. The second-order valence-corrected chi connectivity index (χ2v) is 6.99. The molecule has 3 heteroatoms. The molecule has 0 aliphatic heterocycles. The molecule has 2 nitrogen and oxygen atoms in total. The van der Waals surface area contributed by atoms with Crippen molar-refractivity contribution in [3.8, 4) is 5.75 Å². The van der Waals surface area contributed by atoms with Gasteiger partial charge in [0.25, 0.3) is 0 Å². The number of para-hydroxylation sites is 1. The zero-order chi connectivity index (χ0) is 11.8. The highest BCUT2D eigenvalue weighted by Gasteiger charge is 2.20. The van der Waals surface area contributed by atoms with Crippen molar-refractivity contribution in [1.82, 2.24) is 0 Å². The zero-order valence-corrected chi connectivity index (χ0v) is 11.6. The first-order valence-electron chi connectivity index (χ1n) is 6.17. The van der Waals surface area contributed by atoms with Gasteiger partial charge in [-0.3, -0.25) is 0 Å². The Morgan fingerprint density at radius 2 is 1.69 bits per heavy atom. The predicted octanol–water partition coefficient (Wildman–Crippen LogP) is 3.85. The summed E-state index contributed by atoms with van der Waals surface area (Å²) in [6, 6.07) is 9.90. The van der Waals surface area contributed by atoms with Gasteiger partial charge in [-0.1, -0.05) is 49.5 Å². The van der Waals surface area contributed by atoms with Crippen LogP contribution in [0.1, 0.15) is 27.2 Å². The first-order valence-corrected chi connectivity index (χ1v) is 8.27. The summed E-state index contributed by atoms with van der Waals surface area (Å²) in [5.74, 6) is 0.898. The molecule has 0 saturated carbocycles. The smallest absolute Gasteiger partial charge is 0.463 e. The normalized spacial score (nSPS) is 12.2. The maximum absolute atomic E-state index is 6.02. The van der Waals surface area contributed by atoms with Gasteiger partial charge in [0.05, 0.1) is 0 Å². The molecule has 1 rings (SSSR count). The van der Waals surface area contributed by atoms with E-state index in [1.54, 1.807) is 0 Å². The topological polar surface area (TPSA) is 18.5 Å². The molecule has 0 spiro atoms. The molecule has 1 aromatic carbocycles. The number of ether oxygens (including phenoxy) is 1. The van der Waals surface area contributed by atoms with Crippen LogP contribution in [0.2, 0.25) is 10.6 Å². The molecule has 0 radical (unpaired) electrons. The Labute approximate surface area is 103 Å². The van der Waals surface area contributed by atoms with Crippen LogP contribution >= 0.6 is 0 Å². The Balaban J connectivity index is 2.49. The van der Waals surface area contributed by atoms with Crippen molar-refractivity contribution < 1.29 is 8.53 Å². The lowest BCUT2D eigenvalue weighted by molar-refractivity contribution is 0.000170. The van der Waals surface area contributed by atoms with Gasteiger partial charge < -0.3 is 8.53 Å². The van der Waals surface area contributed by atoms with Crippen LogP contribution in [0, 0.1) is 0 Å². The lowest BCUT2D eigenvalue weighted by Crippen LogP contribution is -2.28. The van der Waals surface area contributed by atoms with Gasteiger partial charge in [0.1, 0.15) is 5.75 Å². The van der Waals surface area contributed by atoms with Gasteiger partial charge in [-0.2, -0.15) is 0 Å². The van der Waals surface area contributed by atoms with Gasteiger partial charge >= 0.3 is 14.5 Å². The zero-order valence-electron chi connectivity index (χ0n) is 10.5. The molecule has 1 unspecified atom stereocenters. The van der Waals surface area contributed by atoms with Crippen molar-refractivity contribution in [3.05, 3.63) is 30.3 Å². The number of rotatable bonds is 7. The van der Waals surface area contributed by atoms with E-state index < -0.39 is 14.5 Å². The number of hydrogen-bond acceptors (Lipinski definition) is 2. The van der Waals surface area contributed by atoms with Crippen molar-refractivity contribution in [2.45, 2.75) is 44.0 Å². The molecule has 0 N–H and O–H groups in total. The average Bonchev–Trinajstić information content (AvgIpc) is 2.35. The van der Waals surface area contributed by atoms with Crippen LogP contribution in [0.4, 0.5) is 0 Å². The fourth-order valence-electron chi connectivity index (χ4n) is 1.55. The molecule has 16 heavy (non-hydrogen) atoms. The van der Waals surface area contributed by atoms with Gasteiger partial charge in [-0.25, -0.2) is 0 Å². The van der Waals surface area contributed by atoms with Crippen LogP contribution in [-0.4, -0.2) is 20.8 Å². The van der Waals surface area contributed by atoms with E-state index in [-0.39, 0.29) is 6.29 Å². The third-order valence-electron chi connectivity index (χ3n) is 2.60. The SMILES string of the molecule is CCC(Oc1ccccc1)[O][Al]([CH2]C)[CH2]C. The summed E-state index contributed by atoms with van der Waals surface area (Å²) in [6.07, 6.45) is 0.831. The summed E-state index contributed by atoms with van der Waals surface area (Å²) in [6.45, 7) is 6.51. The molecule has 0 aliphatic carbocycles. The molecular formula is C13H21AlO2. The van der Waals surface area contributed by atoms with Gasteiger partial charge in [-0.05, 0) is 12.1 Å². The highest BCUT2D eigenvalue weighted by molar-refractivity contribution is 6.51. The van der Waals surface area contributed by atoms with E-state index in [1.807, 2.05) is 30.3 Å². The largest absolute Gasteiger partial charge is 0.469 e. The maximum atomic E-state index is 6.02. The van der Waals surface area contributed by atoms with Crippen LogP contribution in [-0.2, 0) is 3.79 Å². The third kappa shape index (κ3) is 4.57. The lowest BCUT2D eigenvalue weighted by Gasteiger charge is -2.22. The summed E-state index contributed by atoms with van der Waals surface area (Å²) < 4.78 is 11.8. The van der Waals surface area contributed by atoms with Crippen LogP contribution in [0.25, 0.3) is 0 Å². The van der Waals surface area contributed by atoms with E-state index in [2.05, 4.69) is 20.8 Å². The standard InChI is InChI=1S/C9H11O2.2C2H5.Al/c1-2-9(10)11-8-6-4-3-5-7-8;2*1-2;/h3-7,9H,2H2,1H3;2*1H2,2H3;/q-1;;;+1. The van der Waals surface area contributed by atoms with E-state index in [0.29, 0.717) is 0 Å². The quantitative estimate of drug-likeness (QED) is 0.529. The van der Waals surface area contributed by atoms with Crippen molar-refractivity contribution in [2.24, 2.45) is 0 Å². The summed E-state index contributed by atoms with van der Waals surface area (Å²) in [5.41, 5.74) is 0. The van der Waals surface area contributed by atoms with Crippen LogP contribution in [0.3, 0.4) is 0 Å². The highest BCUT2D eigenvalue weighted by Crippen LogP contribution is 2.15. The van der Waals surface area contributed by atoms with E-state index in [4.69, 9.17) is 8.53 Å². The Hall–Kier alpha value is -0.488. The summed E-state index contributed by atoms with van der Waals surface area (Å²) >= 11 is -1.03. The summed E-state index contributed by atoms with van der Waals surface area (Å²) in [7, 11) is 0. The maximum Gasteiger partial charge on any atom is 0.463 e. The lowest BCUT2D eigenvalue weighted by atomic mass is 10.3. The minimum absolute atomic E-state index is 0.0704. The van der Waals surface area contributed by atoms with E-state index in [0.717, 1.165) is 12.2 Å². The third-order valence-corrected chi connectivity index (χ3v) is 5.11. The van der Waals surface area contributed by atoms with Crippen molar-refractivity contribution in [1.29, 1.82) is 0 Å². The molecule has 0 bridgehead atoms. The van der Waals surface area contributed by atoms with E-state index in [1.165, 1.54) is 10.6 Å². The first-order chi connectivity index (χ1) is 7.80. The Bertz CT molecular complexity index is 273. The van der Waals surface area contributed by atoms with Gasteiger partial charge in [-0.15, -0.1) is 0 Å². The fourth-order valence-corrected chi connectivity index (χ4v) is 3.19. The van der Waals surface area contributed by atoms with Crippen molar-refractivity contribution in [3.63, 3.8) is 0 Å². The van der Waals surface area contributed by atoms with Crippen LogP contribution < -0.4 is 4.74 Å². The van der Waals surface area contributed by atoms with Crippen molar-refractivity contribution >= 4 is 14.5 Å². The summed E-state index contributed by atoms with van der Waals surface area (Å²) in [4.78, 5) is 0. The van der Waals surface area contributed by atoms with E-state index in [9.17, 15) is 0 Å². The predicted molar refractivity (Wildman–Crippen MR) is 69.0 cm³/mol.